The summed E-state index contributed by atoms with van der Waals surface area (Å²) in [6.07, 6.45) is 0. The molecule has 0 amide bonds. The molecule has 2 rings (SSSR count). The summed E-state index contributed by atoms with van der Waals surface area (Å²) < 4.78 is 5.80. The van der Waals surface area contributed by atoms with Crippen LogP contribution in [0.4, 0.5) is 0 Å². The third kappa shape index (κ3) is 5.16. The highest BCUT2D eigenvalue weighted by atomic mass is 35.5. The number of ether oxygens (including phenoxy) is 1. The third-order valence-corrected chi connectivity index (χ3v) is 3.92. The van der Waals surface area contributed by atoms with Gasteiger partial charge in [-0.25, -0.2) is 0 Å². The highest BCUT2D eigenvalue weighted by Crippen LogP contribution is 2.31. The van der Waals surface area contributed by atoms with E-state index in [9.17, 15) is 4.79 Å². The molecule has 0 atom stereocenters. The van der Waals surface area contributed by atoms with Gasteiger partial charge < -0.3 is 9.84 Å². The number of para-hydroxylation sites is 1. The van der Waals surface area contributed by atoms with Crippen LogP contribution in [0, 0.1) is 0 Å². The number of benzene rings is 2. The predicted molar refractivity (Wildman–Crippen MR) is 86.8 cm³/mol. The van der Waals surface area contributed by atoms with E-state index in [0.717, 1.165) is 5.56 Å². The molecule has 0 saturated heterocycles. The molecule has 0 unspecified atom stereocenters. The van der Waals surface area contributed by atoms with Gasteiger partial charge in [-0.05, 0) is 24.3 Å². The van der Waals surface area contributed by atoms with Crippen molar-refractivity contribution < 1.29 is 14.6 Å². The molecule has 2 aromatic carbocycles. The van der Waals surface area contributed by atoms with Gasteiger partial charge in [-0.15, -0.1) is 11.8 Å². The second-order valence-corrected chi connectivity index (χ2v) is 6.06. The fourth-order valence-corrected chi connectivity index (χ4v) is 2.93. The Bertz CT molecular complexity index is 626. The van der Waals surface area contributed by atoms with Gasteiger partial charge in [0.05, 0.1) is 5.75 Å². The minimum absolute atomic E-state index is 0.0529. The molecule has 110 valence electrons. The summed E-state index contributed by atoms with van der Waals surface area (Å²) in [6.45, 7) is 0. The molecule has 0 aromatic heterocycles. The number of hydrogen-bond acceptors (Lipinski definition) is 3. The van der Waals surface area contributed by atoms with Crippen molar-refractivity contribution in [1.82, 2.24) is 0 Å². The number of carboxylic acids is 1. The largest absolute Gasteiger partial charge is 0.481 e. The quantitative estimate of drug-likeness (QED) is 0.792. The highest BCUT2D eigenvalue weighted by molar-refractivity contribution is 7.99. The Morgan fingerprint density at radius 2 is 1.81 bits per heavy atom. The summed E-state index contributed by atoms with van der Waals surface area (Å²) in [7, 11) is 0. The molecule has 2 aromatic rings. The maximum Gasteiger partial charge on any atom is 0.313 e. The molecule has 1 N–H and O–H groups in total. The number of thioether (sulfide) groups is 1. The van der Waals surface area contributed by atoms with Gasteiger partial charge in [0.15, 0.2) is 0 Å². The summed E-state index contributed by atoms with van der Waals surface area (Å²) in [6, 6.07) is 12.4. The zero-order valence-electron chi connectivity index (χ0n) is 10.9. The molecule has 0 aliphatic heterocycles. The number of carbonyl (C=O) groups is 1. The van der Waals surface area contributed by atoms with Crippen molar-refractivity contribution in [2.75, 3.05) is 5.75 Å². The lowest BCUT2D eigenvalue weighted by atomic mass is 10.2. The Kier molecular flexibility index (Phi) is 5.79. The minimum atomic E-state index is -0.833. The van der Waals surface area contributed by atoms with Crippen molar-refractivity contribution in [3.8, 4) is 11.5 Å². The summed E-state index contributed by atoms with van der Waals surface area (Å²) in [4.78, 5) is 10.6. The van der Waals surface area contributed by atoms with Gasteiger partial charge >= 0.3 is 5.97 Å². The second kappa shape index (κ2) is 7.59. The lowest BCUT2D eigenvalue weighted by Crippen LogP contribution is -1.98. The van der Waals surface area contributed by atoms with E-state index in [1.807, 2.05) is 24.3 Å². The fourth-order valence-electron chi connectivity index (χ4n) is 1.69. The fraction of sp³-hybridized carbons (Fsp3) is 0.133. The first-order valence-corrected chi connectivity index (χ1v) is 7.97. The number of rotatable bonds is 6. The van der Waals surface area contributed by atoms with E-state index >= 15 is 0 Å². The molecule has 0 radical (unpaired) electrons. The average Bonchev–Trinajstić information content (AvgIpc) is 2.39. The van der Waals surface area contributed by atoms with Gasteiger partial charge in [0.1, 0.15) is 11.5 Å². The van der Waals surface area contributed by atoms with Crippen LogP contribution >= 0.6 is 35.0 Å². The van der Waals surface area contributed by atoms with Crippen LogP contribution in [-0.4, -0.2) is 16.8 Å². The van der Waals surface area contributed by atoms with E-state index in [1.54, 1.807) is 18.2 Å². The Hall–Kier alpha value is -1.36. The summed E-state index contributed by atoms with van der Waals surface area (Å²) in [5.74, 6) is 0.977. The van der Waals surface area contributed by atoms with E-state index in [1.165, 1.54) is 11.8 Å². The minimum Gasteiger partial charge on any atom is -0.481 e. The van der Waals surface area contributed by atoms with Crippen LogP contribution in [0.25, 0.3) is 0 Å². The molecule has 3 nitrogen and oxygen atoms in total. The molecule has 0 spiro atoms. The molecular weight excluding hydrogens is 331 g/mol. The van der Waals surface area contributed by atoms with Crippen LogP contribution in [0.1, 0.15) is 5.56 Å². The molecule has 0 heterocycles. The summed E-state index contributed by atoms with van der Waals surface area (Å²) >= 11 is 13.2. The van der Waals surface area contributed by atoms with Crippen LogP contribution < -0.4 is 4.74 Å². The second-order valence-electron chi connectivity index (χ2n) is 4.20. The van der Waals surface area contributed by atoms with Crippen molar-refractivity contribution in [3.63, 3.8) is 0 Å². The predicted octanol–water partition coefficient (Wildman–Crippen LogP) is 5.10. The summed E-state index contributed by atoms with van der Waals surface area (Å²) in [5, 5.41) is 9.67. The van der Waals surface area contributed by atoms with Crippen molar-refractivity contribution in [1.29, 1.82) is 0 Å². The molecule has 0 aliphatic carbocycles. The number of halogens is 2. The Morgan fingerprint density at radius 3 is 2.48 bits per heavy atom. The van der Waals surface area contributed by atoms with Crippen LogP contribution in [0.5, 0.6) is 11.5 Å². The first-order valence-electron chi connectivity index (χ1n) is 6.06. The van der Waals surface area contributed by atoms with Gasteiger partial charge in [-0.2, -0.15) is 0 Å². The van der Waals surface area contributed by atoms with Crippen LogP contribution in [-0.2, 0) is 10.5 Å². The average molecular weight is 343 g/mol. The lowest BCUT2D eigenvalue weighted by Gasteiger charge is -2.11. The van der Waals surface area contributed by atoms with E-state index in [4.69, 9.17) is 33.0 Å². The van der Waals surface area contributed by atoms with Gasteiger partial charge in [0, 0.05) is 21.4 Å². The molecule has 6 heteroatoms. The zero-order valence-corrected chi connectivity index (χ0v) is 13.2. The first-order chi connectivity index (χ1) is 10.0. The van der Waals surface area contributed by atoms with Crippen LogP contribution in [0.2, 0.25) is 10.0 Å². The Morgan fingerprint density at radius 1 is 1.14 bits per heavy atom. The Balaban J connectivity index is 2.13. The van der Waals surface area contributed by atoms with Crippen molar-refractivity contribution in [3.05, 3.63) is 58.1 Å². The van der Waals surface area contributed by atoms with Gasteiger partial charge in [-0.1, -0.05) is 41.4 Å². The van der Waals surface area contributed by atoms with E-state index in [2.05, 4.69) is 0 Å². The summed E-state index contributed by atoms with van der Waals surface area (Å²) in [5.41, 5.74) is 0.917. The monoisotopic (exact) mass is 342 g/mol. The molecule has 0 aliphatic rings. The third-order valence-electron chi connectivity index (χ3n) is 2.52. The van der Waals surface area contributed by atoms with E-state index in [-0.39, 0.29) is 5.75 Å². The highest BCUT2D eigenvalue weighted by Gasteiger charge is 2.07. The van der Waals surface area contributed by atoms with Gasteiger partial charge in [0.25, 0.3) is 0 Å². The maximum absolute atomic E-state index is 10.6. The standard InChI is InChI=1S/C15H12Cl2O3S/c16-11-5-12(17)7-13(6-11)20-14-4-2-1-3-10(14)8-21-9-15(18)19/h1-7H,8-9H2,(H,18,19). The molecule has 0 saturated carbocycles. The normalized spacial score (nSPS) is 10.4. The number of hydrogen-bond donors (Lipinski definition) is 1. The molecule has 0 bridgehead atoms. The maximum atomic E-state index is 10.6. The first kappa shape index (κ1) is 16.0. The molecule has 21 heavy (non-hydrogen) atoms. The smallest absolute Gasteiger partial charge is 0.313 e. The van der Waals surface area contributed by atoms with Gasteiger partial charge in [0.2, 0.25) is 0 Å². The van der Waals surface area contributed by atoms with Crippen molar-refractivity contribution >= 4 is 40.9 Å². The van der Waals surface area contributed by atoms with E-state index in [0.29, 0.717) is 27.3 Å². The van der Waals surface area contributed by atoms with Crippen LogP contribution in [0.3, 0.4) is 0 Å². The molecular formula is C15H12Cl2O3S. The molecule has 0 fully saturated rings. The zero-order chi connectivity index (χ0) is 15.2. The van der Waals surface area contributed by atoms with E-state index < -0.39 is 5.97 Å². The van der Waals surface area contributed by atoms with Crippen LogP contribution in [0.15, 0.2) is 42.5 Å². The Labute approximate surface area is 136 Å². The SMILES string of the molecule is O=C(O)CSCc1ccccc1Oc1cc(Cl)cc(Cl)c1. The topological polar surface area (TPSA) is 46.5 Å². The number of aliphatic carboxylic acids is 1. The van der Waals surface area contributed by atoms with Gasteiger partial charge in [-0.3, -0.25) is 4.79 Å². The van der Waals surface area contributed by atoms with Crippen molar-refractivity contribution in [2.24, 2.45) is 0 Å². The lowest BCUT2D eigenvalue weighted by molar-refractivity contribution is -0.133. The number of carboxylic acid groups (broad SMARTS) is 1. The van der Waals surface area contributed by atoms with Crippen molar-refractivity contribution in [2.45, 2.75) is 5.75 Å².